The summed E-state index contributed by atoms with van der Waals surface area (Å²) in [5.74, 6) is -0.387. The molecule has 0 spiro atoms. The van der Waals surface area contributed by atoms with Crippen LogP contribution in [0.2, 0.25) is 0 Å². The molecule has 0 bridgehead atoms. The highest BCUT2D eigenvalue weighted by Crippen LogP contribution is 2.17. The number of hydrogen-bond donors (Lipinski definition) is 1. The largest absolute Gasteiger partial charge is 0.461 e. The van der Waals surface area contributed by atoms with Gasteiger partial charge in [-0.3, -0.25) is 0 Å². The first-order chi connectivity index (χ1) is 7.27. The molecule has 1 rings (SSSR count). The summed E-state index contributed by atoms with van der Waals surface area (Å²) in [5.41, 5.74) is 0.367. The SMILES string of the molecule is CCOC(=O)C1=NOC(CCCCO)C1. The number of carbonyl (C=O) groups excluding carboxylic acids is 1. The quantitative estimate of drug-likeness (QED) is 0.527. The Morgan fingerprint density at radius 2 is 2.47 bits per heavy atom. The van der Waals surface area contributed by atoms with E-state index in [-0.39, 0.29) is 18.7 Å². The van der Waals surface area contributed by atoms with Crippen molar-refractivity contribution in [3.63, 3.8) is 0 Å². The molecule has 0 radical (unpaired) electrons. The predicted octanol–water partition coefficient (Wildman–Crippen LogP) is 0.857. The molecule has 1 unspecified atom stereocenters. The van der Waals surface area contributed by atoms with Gasteiger partial charge in [-0.15, -0.1) is 0 Å². The number of ether oxygens (including phenoxy) is 1. The fourth-order valence-corrected chi connectivity index (χ4v) is 1.40. The maximum absolute atomic E-state index is 11.2. The van der Waals surface area contributed by atoms with Crippen molar-refractivity contribution in [1.82, 2.24) is 0 Å². The van der Waals surface area contributed by atoms with Gasteiger partial charge in [0.15, 0.2) is 5.71 Å². The topological polar surface area (TPSA) is 68.1 Å². The first-order valence-corrected chi connectivity index (χ1v) is 5.28. The molecule has 0 amide bonds. The summed E-state index contributed by atoms with van der Waals surface area (Å²) in [6.07, 6.45) is 2.94. The molecule has 5 heteroatoms. The van der Waals surface area contributed by atoms with Crippen molar-refractivity contribution in [3.05, 3.63) is 0 Å². The summed E-state index contributed by atoms with van der Waals surface area (Å²) in [4.78, 5) is 16.3. The summed E-state index contributed by atoms with van der Waals surface area (Å²) in [6, 6.07) is 0. The van der Waals surface area contributed by atoms with E-state index in [2.05, 4.69) is 5.16 Å². The number of oxime groups is 1. The molecule has 0 saturated carbocycles. The average Bonchev–Trinajstić information content (AvgIpc) is 2.67. The van der Waals surface area contributed by atoms with Gasteiger partial charge in [0.05, 0.1) is 6.61 Å². The normalized spacial score (nSPS) is 19.6. The van der Waals surface area contributed by atoms with E-state index < -0.39 is 0 Å². The molecule has 0 fully saturated rings. The third-order valence-electron chi connectivity index (χ3n) is 2.18. The number of hydrogen-bond acceptors (Lipinski definition) is 5. The molecule has 0 saturated heterocycles. The molecule has 86 valence electrons. The minimum Gasteiger partial charge on any atom is -0.461 e. The van der Waals surface area contributed by atoms with E-state index in [0.717, 1.165) is 19.3 Å². The molecule has 15 heavy (non-hydrogen) atoms. The van der Waals surface area contributed by atoms with Crippen LogP contribution in [-0.2, 0) is 14.4 Å². The minimum absolute atomic E-state index is 0.0315. The zero-order chi connectivity index (χ0) is 11.1. The molecule has 0 aromatic rings. The summed E-state index contributed by atoms with van der Waals surface area (Å²) in [5, 5.41) is 12.3. The molecular weight excluding hydrogens is 198 g/mol. The number of rotatable bonds is 6. The number of esters is 1. The van der Waals surface area contributed by atoms with Gasteiger partial charge in [0.25, 0.3) is 0 Å². The van der Waals surface area contributed by atoms with Gasteiger partial charge in [0.1, 0.15) is 6.10 Å². The highest BCUT2D eigenvalue weighted by Gasteiger charge is 2.26. The van der Waals surface area contributed by atoms with Gasteiger partial charge in [-0.05, 0) is 26.2 Å². The van der Waals surface area contributed by atoms with E-state index in [1.807, 2.05) is 0 Å². The monoisotopic (exact) mass is 215 g/mol. The van der Waals surface area contributed by atoms with Crippen molar-refractivity contribution in [3.8, 4) is 0 Å². The Labute approximate surface area is 89.1 Å². The van der Waals surface area contributed by atoms with Crippen LogP contribution >= 0.6 is 0 Å². The lowest BCUT2D eigenvalue weighted by molar-refractivity contribution is -0.135. The molecule has 0 aromatic heterocycles. The minimum atomic E-state index is -0.387. The van der Waals surface area contributed by atoms with Crippen LogP contribution in [-0.4, -0.2) is 36.1 Å². The smallest absolute Gasteiger partial charge is 0.356 e. The second kappa shape index (κ2) is 6.40. The lowest BCUT2D eigenvalue weighted by atomic mass is 10.1. The van der Waals surface area contributed by atoms with Crippen LogP contribution in [0.25, 0.3) is 0 Å². The van der Waals surface area contributed by atoms with E-state index in [1.54, 1.807) is 6.92 Å². The van der Waals surface area contributed by atoms with Crippen molar-refractivity contribution in [2.24, 2.45) is 5.16 Å². The van der Waals surface area contributed by atoms with Crippen LogP contribution in [0.15, 0.2) is 5.16 Å². The second-order valence-electron chi connectivity index (χ2n) is 3.41. The van der Waals surface area contributed by atoms with Gasteiger partial charge in [-0.1, -0.05) is 5.16 Å². The van der Waals surface area contributed by atoms with Crippen LogP contribution < -0.4 is 0 Å². The molecule has 0 aromatic carbocycles. The second-order valence-corrected chi connectivity index (χ2v) is 3.41. The van der Waals surface area contributed by atoms with Gasteiger partial charge in [0, 0.05) is 13.0 Å². The maximum atomic E-state index is 11.2. The van der Waals surface area contributed by atoms with E-state index >= 15 is 0 Å². The Hall–Kier alpha value is -1.10. The number of carbonyl (C=O) groups is 1. The van der Waals surface area contributed by atoms with Crippen LogP contribution in [0.3, 0.4) is 0 Å². The molecule has 1 N–H and O–H groups in total. The maximum Gasteiger partial charge on any atom is 0.356 e. The number of aliphatic hydroxyl groups excluding tert-OH is 1. The van der Waals surface area contributed by atoms with Crippen LogP contribution in [0, 0.1) is 0 Å². The van der Waals surface area contributed by atoms with E-state index in [0.29, 0.717) is 18.7 Å². The van der Waals surface area contributed by atoms with Crippen molar-refractivity contribution < 1.29 is 19.5 Å². The van der Waals surface area contributed by atoms with Crippen LogP contribution in [0.5, 0.6) is 0 Å². The Kier molecular flexibility index (Phi) is 5.10. The molecule has 1 aliphatic heterocycles. The highest BCUT2D eigenvalue weighted by atomic mass is 16.6. The average molecular weight is 215 g/mol. The Bertz CT molecular complexity index is 240. The Morgan fingerprint density at radius 3 is 3.13 bits per heavy atom. The standard InChI is InChI=1S/C10H17NO4/c1-2-14-10(13)9-7-8(15-11-9)5-3-4-6-12/h8,12H,2-7H2,1H3. The predicted molar refractivity (Wildman–Crippen MR) is 54.5 cm³/mol. The molecule has 1 aliphatic rings. The van der Waals surface area contributed by atoms with Crippen LogP contribution in [0.4, 0.5) is 0 Å². The van der Waals surface area contributed by atoms with Crippen molar-refractivity contribution in [2.45, 2.75) is 38.7 Å². The fourth-order valence-electron chi connectivity index (χ4n) is 1.40. The zero-order valence-electron chi connectivity index (χ0n) is 8.94. The third kappa shape index (κ3) is 3.87. The lowest BCUT2D eigenvalue weighted by Crippen LogP contribution is -2.18. The first-order valence-electron chi connectivity index (χ1n) is 5.28. The van der Waals surface area contributed by atoms with Gasteiger partial charge in [-0.25, -0.2) is 4.79 Å². The summed E-state index contributed by atoms with van der Waals surface area (Å²) in [6.45, 7) is 2.30. The summed E-state index contributed by atoms with van der Waals surface area (Å²) < 4.78 is 4.81. The third-order valence-corrected chi connectivity index (χ3v) is 2.18. The fraction of sp³-hybridized carbons (Fsp3) is 0.800. The van der Waals surface area contributed by atoms with Crippen molar-refractivity contribution in [2.75, 3.05) is 13.2 Å². The number of nitrogens with zero attached hydrogens (tertiary/aromatic N) is 1. The number of aliphatic hydroxyl groups is 1. The van der Waals surface area contributed by atoms with E-state index in [4.69, 9.17) is 14.7 Å². The molecule has 1 heterocycles. The van der Waals surface area contributed by atoms with Crippen molar-refractivity contribution >= 4 is 11.7 Å². The first kappa shape index (κ1) is 12.0. The Balaban J connectivity index is 2.21. The van der Waals surface area contributed by atoms with E-state index in [1.165, 1.54) is 0 Å². The van der Waals surface area contributed by atoms with Gasteiger partial charge in [0.2, 0.25) is 0 Å². The molecule has 5 nitrogen and oxygen atoms in total. The molecule has 1 atom stereocenters. The summed E-state index contributed by atoms with van der Waals surface area (Å²) >= 11 is 0. The zero-order valence-corrected chi connectivity index (χ0v) is 8.94. The van der Waals surface area contributed by atoms with Gasteiger partial charge in [-0.2, -0.15) is 0 Å². The highest BCUT2D eigenvalue weighted by molar-refractivity contribution is 6.36. The molecule has 0 aliphatic carbocycles. The summed E-state index contributed by atoms with van der Waals surface area (Å²) in [7, 11) is 0. The van der Waals surface area contributed by atoms with Gasteiger partial charge >= 0.3 is 5.97 Å². The number of unbranched alkanes of at least 4 members (excludes halogenated alkanes) is 1. The Morgan fingerprint density at radius 1 is 1.67 bits per heavy atom. The van der Waals surface area contributed by atoms with Crippen molar-refractivity contribution in [1.29, 1.82) is 0 Å². The van der Waals surface area contributed by atoms with Crippen LogP contribution in [0.1, 0.15) is 32.6 Å². The molecular formula is C10H17NO4. The van der Waals surface area contributed by atoms with E-state index in [9.17, 15) is 4.79 Å². The lowest BCUT2D eigenvalue weighted by Gasteiger charge is -2.06. The van der Waals surface area contributed by atoms with Gasteiger partial charge < -0.3 is 14.7 Å².